The van der Waals surface area contributed by atoms with Gasteiger partial charge in [-0.2, -0.15) is 0 Å². The first kappa shape index (κ1) is 29.6. The van der Waals surface area contributed by atoms with Gasteiger partial charge in [-0.1, -0.05) is 12.1 Å². The van der Waals surface area contributed by atoms with Gasteiger partial charge < -0.3 is 55.8 Å². The number of rotatable bonds is 16. The average molecular weight is 479 g/mol. The van der Waals surface area contributed by atoms with Crippen molar-refractivity contribution < 1.29 is 55.8 Å². The maximum absolute atomic E-state index is 10.3. The van der Waals surface area contributed by atoms with Crippen LogP contribution in [0.15, 0.2) is 24.3 Å². The fraction of sp³-hybridized carbons (Fsp3) is 0.667. The van der Waals surface area contributed by atoms with Gasteiger partial charge in [-0.3, -0.25) is 4.90 Å². The van der Waals surface area contributed by atoms with Gasteiger partial charge in [-0.05, 0) is 24.6 Å². The smallest absolute Gasteiger partial charge is 0.119 e. The van der Waals surface area contributed by atoms with E-state index in [1.807, 2.05) is 0 Å². The summed E-state index contributed by atoms with van der Waals surface area (Å²) in [6.45, 7) is 1.45. The Labute approximate surface area is 192 Å². The number of hydrogen-bond donors (Lipinski definition) is 10. The van der Waals surface area contributed by atoms with Crippen LogP contribution < -0.4 is 4.74 Å². The third-order valence-electron chi connectivity index (χ3n) is 5.14. The Bertz CT molecular complexity index is 620. The van der Waals surface area contributed by atoms with Gasteiger partial charge in [0, 0.05) is 19.6 Å². The number of nitrogens with zero attached hydrogens (tertiary/aromatic N) is 1. The van der Waals surface area contributed by atoms with Crippen LogP contribution in [0, 0.1) is 6.92 Å². The highest BCUT2D eigenvalue weighted by Gasteiger charge is 2.34. The summed E-state index contributed by atoms with van der Waals surface area (Å²) >= 11 is 0. The number of aliphatic hydroxyl groups is 10. The number of ether oxygens (including phenoxy) is 1. The molecule has 0 aliphatic rings. The highest BCUT2D eigenvalue weighted by Crippen LogP contribution is 2.13. The minimum atomic E-state index is -1.85. The van der Waals surface area contributed by atoms with E-state index >= 15 is 0 Å². The maximum Gasteiger partial charge on any atom is 0.119 e. The highest BCUT2D eigenvalue weighted by atomic mass is 16.5. The molecule has 1 aromatic rings. The van der Waals surface area contributed by atoms with E-state index in [9.17, 15) is 40.9 Å². The molecule has 0 bridgehead atoms. The first-order valence-corrected chi connectivity index (χ1v) is 10.4. The molecule has 1 rings (SSSR count). The van der Waals surface area contributed by atoms with Crippen LogP contribution in [-0.2, 0) is 0 Å². The van der Waals surface area contributed by atoms with Crippen molar-refractivity contribution in [1.29, 1.82) is 0 Å². The topological polar surface area (TPSA) is 215 Å². The minimum absolute atomic E-state index is 0.0474. The number of aliphatic hydroxyl groups excluding tert-OH is 10. The van der Waals surface area contributed by atoms with E-state index in [0.29, 0.717) is 5.75 Å². The molecule has 12 heteroatoms. The molecule has 0 aliphatic carbocycles. The van der Waals surface area contributed by atoms with Crippen LogP contribution in [0.2, 0.25) is 0 Å². The van der Waals surface area contributed by atoms with Crippen LogP contribution >= 0.6 is 0 Å². The second kappa shape index (κ2) is 14.8. The predicted octanol–water partition coefficient (Wildman–Crippen LogP) is -4.58. The molecule has 0 spiro atoms. The zero-order valence-electron chi connectivity index (χ0n) is 18.2. The average Bonchev–Trinajstić information content (AvgIpc) is 2.81. The van der Waals surface area contributed by atoms with Crippen molar-refractivity contribution in [2.45, 2.75) is 48.8 Å². The quantitative estimate of drug-likeness (QED) is 0.109. The van der Waals surface area contributed by atoms with Crippen LogP contribution in [0.3, 0.4) is 0 Å². The Morgan fingerprint density at radius 1 is 0.667 bits per heavy atom. The van der Waals surface area contributed by atoms with Gasteiger partial charge in [0.2, 0.25) is 0 Å². The highest BCUT2D eigenvalue weighted by molar-refractivity contribution is 5.28. The Morgan fingerprint density at radius 2 is 1.06 bits per heavy atom. The van der Waals surface area contributed by atoms with E-state index in [4.69, 9.17) is 14.9 Å². The normalized spacial score (nSPS) is 19.4. The van der Waals surface area contributed by atoms with Gasteiger partial charge in [0.15, 0.2) is 0 Å². The zero-order valence-corrected chi connectivity index (χ0v) is 18.2. The molecule has 0 heterocycles. The Hall–Kier alpha value is -1.42. The van der Waals surface area contributed by atoms with Crippen molar-refractivity contribution in [3.63, 3.8) is 0 Å². The van der Waals surface area contributed by atoms with Gasteiger partial charge in [0.25, 0.3) is 0 Å². The summed E-state index contributed by atoms with van der Waals surface area (Å²) < 4.78 is 5.58. The second-order valence-electron chi connectivity index (χ2n) is 7.85. The maximum atomic E-state index is 10.3. The van der Waals surface area contributed by atoms with Crippen LogP contribution in [0.25, 0.3) is 0 Å². The van der Waals surface area contributed by atoms with E-state index in [0.717, 1.165) is 5.56 Å². The summed E-state index contributed by atoms with van der Waals surface area (Å²) in [5.74, 6) is 0.520. The molecule has 0 fully saturated rings. The second-order valence-corrected chi connectivity index (χ2v) is 7.85. The molecule has 0 saturated carbocycles. The molecule has 0 saturated heterocycles. The van der Waals surface area contributed by atoms with Crippen LogP contribution in [0.1, 0.15) is 5.56 Å². The molecule has 0 aromatic heterocycles. The summed E-state index contributed by atoms with van der Waals surface area (Å²) in [5.41, 5.74) is 0.783. The molecule has 10 N–H and O–H groups in total. The molecular formula is C21H36NO11. The Balaban J connectivity index is 2.82. The summed E-state index contributed by atoms with van der Waals surface area (Å²) in [6.07, 6.45) is -14.0. The fourth-order valence-electron chi connectivity index (χ4n) is 3.01. The molecule has 1 radical (unpaired) electrons. The molecular weight excluding hydrogens is 442 g/mol. The Morgan fingerprint density at radius 3 is 1.45 bits per heavy atom. The lowest BCUT2D eigenvalue weighted by Gasteiger charge is -2.33. The fourth-order valence-corrected chi connectivity index (χ4v) is 3.01. The third kappa shape index (κ3) is 9.76. The van der Waals surface area contributed by atoms with Crippen LogP contribution in [-0.4, -0.2) is 144 Å². The van der Waals surface area contributed by atoms with Gasteiger partial charge in [0.05, 0.1) is 25.4 Å². The van der Waals surface area contributed by atoms with Gasteiger partial charge in [0.1, 0.15) is 49.0 Å². The molecule has 33 heavy (non-hydrogen) atoms. The lowest BCUT2D eigenvalue weighted by Crippen LogP contribution is -2.53. The molecule has 0 aliphatic heterocycles. The summed E-state index contributed by atoms with van der Waals surface area (Å²) in [6, 6.07) is 6.83. The van der Waals surface area contributed by atoms with Crippen molar-refractivity contribution in [3.8, 4) is 5.75 Å². The van der Waals surface area contributed by atoms with E-state index < -0.39 is 62.0 Å². The van der Waals surface area contributed by atoms with Crippen LogP contribution in [0.5, 0.6) is 5.75 Å². The molecule has 0 amide bonds. The van der Waals surface area contributed by atoms with Crippen molar-refractivity contribution in [2.24, 2.45) is 0 Å². The monoisotopic (exact) mass is 478 g/mol. The minimum Gasteiger partial charge on any atom is -0.492 e. The number of benzene rings is 1. The van der Waals surface area contributed by atoms with Crippen molar-refractivity contribution in [1.82, 2.24) is 4.90 Å². The van der Waals surface area contributed by atoms with Gasteiger partial charge in [-0.25, -0.2) is 0 Å². The van der Waals surface area contributed by atoms with Crippen molar-refractivity contribution >= 4 is 0 Å². The summed E-state index contributed by atoms with van der Waals surface area (Å²) in [5, 5.41) is 97.0. The summed E-state index contributed by atoms with van der Waals surface area (Å²) in [4.78, 5) is 1.35. The first-order chi connectivity index (χ1) is 15.5. The van der Waals surface area contributed by atoms with Crippen LogP contribution in [0.4, 0.5) is 0 Å². The third-order valence-corrected chi connectivity index (χ3v) is 5.14. The van der Waals surface area contributed by atoms with E-state index in [1.165, 1.54) is 4.90 Å². The van der Waals surface area contributed by atoms with Gasteiger partial charge >= 0.3 is 0 Å². The zero-order chi connectivity index (χ0) is 25.1. The molecule has 8 atom stereocenters. The van der Waals surface area contributed by atoms with Gasteiger partial charge in [-0.15, -0.1) is 0 Å². The molecule has 191 valence electrons. The lowest BCUT2D eigenvalue weighted by molar-refractivity contribution is -0.130. The largest absolute Gasteiger partial charge is 0.492 e. The van der Waals surface area contributed by atoms with Crippen molar-refractivity contribution in [3.05, 3.63) is 36.8 Å². The molecule has 12 nitrogen and oxygen atoms in total. The van der Waals surface area contributed by atoms with E-state index in [1.54, 1.807) is 24.3 Å². The summed E-state index contributed by atoms with van der Waals surface area (Å²) in [7, 11) is 0. The molecule has 1 aromatic carbocycles. The van der Waals surface area contributed by atoms with E-state index in [2.05, 4.69) is 6.92 Å². The lowest BCUT2D eigenvalue weighted by atomic mass is 10.0. The first-order valence-electron chi connectivity index (χ1n) is 10.4. The Kier molecular flexibility index (Phi) is 13.2. The SMILES string of the molecule is [CH2]c1ccc(OCCN(C[C@H](O)[C@@H](O)[C@H](O)[C@@H](O)CO)C[C@H](O)[C@@H](O)[C@H](O)C(O)CO)cc1. The van der Waals surface area contributed by atoms with Crippen molar-refractivity contribution in [2.75, 3.05) is 39.5 Å². The predicted molar refractivity (Wildman–Crippen MR) is 115 cm³/mol. The number of hydrogen-bond acceptors (Lipinski definition) is 12. The standard InChI is InChI=1S/C21H36NO11/c1-12-2-4-13(5-3-12)33-7-6-22(8-14(25)18(29)20(31)16(27)10-23)9-15(26)19(30)21(32)17(28)11-24/h2-5,14-21,23-32H,1,6-11H2/t14-,15-,16-,17?,18+,19+,20+,21+/m0/s1. The van der Waals surface area contributed by atoms with E-state index in [-0.39, 0.29) is 26.2 Å². The molecule has 1 unspecified atom stereocenters.